The quantitative estimate of drug-likeness (QED) is 0.393. The summed E-state index contributed by atoms with van der Waals surface area (Å²) in [5.41, 5.74) is 0.249. The number of carbonyl (C=O) groups excluding carboxylic acids is 2. The Kier molecular flexibility index (Phi) is 10.2. The van der Waals surface area contributed by atoms with Gasteiger partial charge in [0, 0.05) is 17.9 Å². The van der Waals surface area contributed by atoms with Gasteiger partial charge in [-0.1, -0.05) is 58.4 Å². The van der Waals surface area contributed by atoms with E-state index in [1.807, 2.05) is 26.0 Å². The van der Waals surface area contributed by atoms with E-state index in [0.29, 0.717) is 5.02 Å². The van der Waals surface area contributed by atoms with Crippen molar-refractivity contribution in [1.29, 1.82) is 0 Å². The third-order valence-electron chi connectivity index (χ3n) is 5.20. The summed E-state index contributed by atoms with van der Waals surface area (Å²) in [6.45, 7) is 9.26. The molecule has 0 spiro atoms. The highest BCUT2D eigenvalue weighted by Crippen LogP contribution is 2.29. The summed E-state index contributed by atoms with van der Waals surface area (Å²) >= 11 is 5.96. The predicted molar refractivity (Wildman–Crippen MR) is 121 cm³/mol. The third-order valence-corrected chi connectivity index (χ3v) is 5.46. The number of amides is 2. The number of halogens is 1. The molecule has 8 nitrogen and oxygen atoms in total. The van der Waals surface area contributed by atoms with Crippen LogP contribution >= 0.6 is 11.6 Å². The molecule has 0 saturated carbocycles. The first-order valence-electron chi connectivity index (χ1n) is 10.5. The molecule has 0 aliphatic carbocycles. The van der Waals surface area contributed by atoms with Gasteiger partial charge >= 0.3 is 11.9 Å². The fourth-order valence-corrected chi connectivity index (χ4v) is 3.45. The van der Waals surface area contributed by atoms with Crippen LogP contribution in [0.3, 0.4) is 0 Å². The monoisotopic (exact) mass is 468 g/mol. The molecule has 2 amide bonds. The molecule has 178 valence electrons. The van der Waals surface area contributed by atoms with E-state index in [9.17, 15) is 24.3 Å². The van der Waals surface area contributed by atoms with Crippen molar-refractivity contribution < 1.29 is 29.4 Å². The van der Waals surface area contributed by atoms with E-state index < -0.39 is 41.8 Å². The van der Waals surface area contributed by atoms with Crippen LogP contribution in [0.1, 0.15) is 65.4 Å². The second kappa shape index (κ2) is 11.9. The molecule has 4 N–H and O–H groups in total. The van der Waals surface area contributed by atoms with E-state index in [0.717, 1.165) is 5.56 Å². The van der Waals surface area contributed by atoms with E-state index in [4.69, 9.17) is 16.7 Å². The van der Waals surface area contributed by atoms with Crippen LogP contribution in [-0.4, -0.2) is 46.0 Å². The van der Waals surface area contributed by atoms with Crippen LogP contribution in [0.25, 0.3) is 0 Å². The Labute approximate surface area is 193 Å². The molecule has 0 aliphatic heterocycles. The van der Waals surface area contributed by atoms with Gasteiger partial charge in [0.25, 0.3) is 0 Å². The molecule has 0 aliphatic rings. The lowest BCUT2D eigenvalue weighted by molar-refractivity contribution is -0.144. The van der Waals surface area contributed by atoms with Gasteiger partial charge in [0.2, 0.25) is 11.8 Å². The molecule has 1 aromatic carbocycles. The van der Waals surface area contributed by atoms with Gasteiger partial charge in [-0.3, -0.25) is 14.4 Å². The topological polar surface area (TPSA) is 133 Å². The SMILES string of the molecule is CC(C)C(CC(=O)N[C@H](C(=O)N[C@H](CCC(=O)O)C(=O)O)C(C)(C)C)c1ccc(Cl)cc1. The zero-order valence-corrected chi connectivity index (χ0v) is 19.9. The summed E-state index contributed by atoms with van der Waals surface area (Å²) in [7, 11) is 0. The molecule has 1 aromatic rings. The highest BCUT2D eigenvalue weighted by molar-refractivity contribution is 6.30. The molecule has 32 heavy (non-hydrogen) atoms. The molecule has 9 heteroatoms. The number of carboxylic acid groups (broad SMARTS) is 2. The standard InChI is InChI=1S/C23H33ClN2O6/c1-13(2)16(14-6-8-15(24)9-7-14)12-18(27)26-20(23(3,4)5)21(30)25-17(22(31)32)10-11-19(28)29/h6-9,13,16-17,20H,10-12H2,1-5H3,(H,25,30)(H,26,27)(H,28,29)(H,31,32)/t16?,17-,20-/m1/s1. The maximum atomic E-state index is 12.9. The normalized spacial score (nSPS) is 14.3. The summed E-state index contributed by atoms with van der Waals surface area (Å²) in [6.07, 6.45) is -0.519. The number of carbonyl (C=O) groups is 4. The molecular formula is C23H33ClN2O6. The minimum Gasteiger partial charge on any atom is -0.481 e. The lowest BCUT2D eigenvalue weighted by Crippen LogP contribution is -2.56. The van der Waals surface area contributed by atoms with Crippen molar-refractivity contribution >= 4 is 35.4 Å². The van der Waals surface area contributed by atoms with E-state index in [-0.39, 0.29) is 30.6 Å². The summed E-state index contributed by atoms with van der Waals surface area (Å²) in [6, 6.07) is 4.90. The smallest absolute Gasteiger partial charge is 0.326 e. The van der Waals surface area contributed by atoms with Gasteiger partial charge < -0.3 is 20.8 Å². The molecule has 0 fully saturated rings. The minimum atomic E-state index is -1.36. The number of aliphatic carboxylic acids is 2. The van der Waals surface area contributed by atoms with E-state index in [1.165, 1.54) is 0 Å². The first-order valence-corrected chi connectivity index (χ1v) is 10.9. The van der Waals surface area contributed by atoms with Crippen LogP contribution in [0, 0.1) is 11.3 Å². The Balaban J connectivity index is 2.96. The zero-order chi connectivity index (χ0) is 24.6. The molecule has 0 heterocycles. The van der Waals surface area contributed by atoms with E-state index in [2.05, 4.69) is 10.6 Å². The molecule has 0 radical (unpaired) electrons. The Morgan fingerprint density at radius 1 is 1.00 bits per heavy atom. The summed E-state index contributed by atoms with van der Waals surface area (Å²) in [4.78, 5) is 48.0. The second-order valence-corrected chi connectivity index (χ2v) is 9.74. The van der Waals surface area contributed by atoms with Crippen LogP contribution in [0.15, 0.2) is 24.3 Å². The van der Waals surface area contributed by atoms with Gasteiger partial charge in [-0.25, -0.2) is 4.79 Å². The fourth-order valence-electron chi connectivity index (χ4n) is 3.32. The van der Waals surface area contributed by atoms with Crippen molar-refractivity contribution in [2.75, 3.05) is 0 Å². The van der Waals surface area contributed by atoms with Crippen molar-refractivity contribution in [2.45, 2.75) is 71.9 Å². The maximum Gasteiger partial charge on any atom is 0.326 e. The lowest BCUT2D eigenvalue weighted by atomic mass is 9.83. The van der Waals surface area contributed by atoms with Crippen LogP contribution in [0.5, 0.6) is 0 Å². The van der Waals surface area contributed by atoms with Gasteiger partial charge in [0.1, 0.15) is 12.1 Å². The van der Waals surface area contributed by atoms with Gasteiger partial charge in [-0.05, 0) is 41.4 Å². The van der Waals surface area contributed by atoms with Gasteiger partial charge in [-0.2, -0.15) is 0 Å². The number of benzene rings is 1. The number of nitrogens with one attached hydrogen (secondary N) is 2. The summed E-state index contributed by atoms with van der Waals surface area (Å²) in [5, 5.41) is 23.8. The van der Waals surface area contributed by atoms with Crippen LogP contribution in [0.2, 0.25) is 5.02 Å². The second-order valence-electron chi connectivity index (χ2n) is 9.30. The average molecular weight is 469 g/mol. The molecule has 3 atom stereocenters. The first kappa shape index (κ1) is 27.4. The van der Waals surface area contributed by atoms with E-state index >= 15 is 0 Å². The Bertz CT molecular complexity index is 817. The highest BCUT2D eigenvalue weighted by atomic mass is 35.5. The van der Waals surface area contributed by atoms with Crippen molar-refractivity contribution in [2.24, 2.45) is 11.3 Å². The van der Waals surface area contributed by atoms with Crippen molar-refractivity contribution in [1.82, 2.24) is 10.6 Å². The number of hydrogen-bond acceptors (Lipinski definition) is 4. The zero-order valence-electron chi connectivity index (χ0n) is 19.1. The number of hydrogen-bond donors (Lipinski definition) is 4. The van der Waals surface area contributed by atoms with Crippen LogP contribution < -0.4 is 10.6 Å². The average Bonchev–Trinajstić information content (AvgIpc) is 2.66. The third kappa shape index (κ3) is 8.86. The number of carboxylic acids is 2. The van der Waals surface area contributed by atoms with Gasteiger partial charge in [-0.15, -0.1) is 0 Å². The molecule has 1 rings (SSSR count). The maximum absolute atomic E-state index is 12.9. The Morgan fingerprint density at radius 2 is 1.56 bits per heavy atom. The molecule has 0 bridgehead atoms. The minimum absolute atomic E-state index is 0.0988. The van der Waals surface area contributed by atoms with Crippen molar-refractivity contribution in [3.63, 3.8) is 0 Å². The van der Waals surface area contributed by atoms with Crippen molar-refractivity contribution in [3.05, 3.63) is 34.9 Å². The van der Waals surface area contributed by atoms with Crippen LogP contribution in [-0.2, 0) is 19.2 Å². The predicted octanol–water partition coefficient (Wildman–Crippen LogP) is 3.43. The Hall–Kier alpha value is -2.61. The molecular weight excluding hydrogens is 436 g/mol. The van der Waals surface area contributed by atoms with Gasteiger partial charge in [0.15, 0.2) is 0 Å². The largest absolute Gasteiger partial charge is 0.481 e. The highest BCUT2D eigenvalue weighted by Gasteiger charge is 2.35. The van der Waals surface area contributed by atoms with E-state index in [1.54, 1.807) is 32.9 Å². The summed E-state index contributed by atoms with van der Waals surface area (Å²) < 4.78 is 0. The molecule has 0 saturated heterocycles. The lowest BCUT2D eigenvalue weighted by Gasteiger charge is -2.32. The summed E-state index contributed by atoms with van der Waals surface area (Å²) in [5.74, 6) is -3.45. The van der Waals surface area contributed by atoms with Gasteiger partial charge in [0.05, 0.1) is 0 Å². The Morgan fingerprint density at radius 3 is 2.00 bits per heavy atom. The first-order chi connectivity index (χ1) is 14.7. The van der Waals surface area contributed by atoms with Crippen LogP contribution in [0.4, 0.5) is 0 Å². The fraction of sp³-hybridized carbons (Fsp3) is 0.565. The molecule has 1 unspecified atom stereocenters. The molecule has 0 aromatic heterocycles. The van der Waals surface area contributed by atoms with Crippen molar-refractivity contribution in [3.8, 4) is 0 Å². The number of rotatable bonds is 11.